The molecule has 1 fully saturated rings. The van der Waals surface area contributed by atoms with Crippen molar-refractivity contribution in [2.45, 2.75) is 33.4 Å². The Morgan fingerprint density at radius 2 is 2.06 bits per heavy atom. The van der Waals surface area contributed by atoms with Crippen molar-refractivity contribution in [1.29, 1.82) is 0 Å². The van der Waals surface area contributed by atoms with Gasteiger partial charge in [0.15, 0.2) is 5.13 Å². The molecule has 7 nitrogen and oxygen atoms in total. The van der Waals surface area contributed by atoms with E-state index in [2.05, 4.69) is 51.8 Å². The maximum Gasteiger partial charge on any atom is 0.188 e. The van der Waals surface area contributed by atoms with Gasteiger partial charge in [0, 0.05) is 31.2 Å². The zero-order valence-electron chi connectivity index (χ0n) is 18.0. The van der Waals surface area contributed by atoms with Crippen LogP contribution in [0.2, 0.25) is 0 Å². The fourth-order valence-electron chi connectivity index (χ4n) is 3.96. The molecule has 0 spiro atoms. The van der Waals surface area contributed by atoms with Gasteiger partial charge in [0.1, 0.15) is 17.6 Å². The fraction of sp³-hybridized carbons (Fsp3) is 0.348. The number of aromatic nitrogens is 4. The SMILES string of the molecule is Cc1ccn2c(CN3CCOC(c4cccc(Nc5nc(C)cs5)n4)C3)c(C)nc2c1. The van der Waals surface area contributed by atoms with Crippen LogP contribution in [0.15, 0.2) is 41.9 Å². The summed E-state index contributed by atoms with van der Waals surface area (Å²) in [4.78, 5) is 16.4. The van der Waals surface area contributed by atoms with Crippen LogP contribution in [0.3, 0.4) is 0 Å². The van der Waals surface area contributed by atoms with Gasteiger partial charge in [0.2, 0.25) is 0 Å². The predicted octanol–water partition coefficient (Wildman–Crippen LogP) is 4.43. The third-order valence-corrected chi connectivity index (χ3v) is 6.43. The van der Waals surface area contributed by atoms with Gasteiger partial charge >= 0.3 is 0 Å². The molecule has 4 aromatic heterocycles. The standard InChI is InChI=1S/C23H26N6OS/c1-15-7-8-29-19(17(3)25-22(29)11-15)12-28-9-10-30-20(13-28)18-5-4-6-21(26-18)27-23-24-16(2)14-31-23/h4-8,11,14,20H,9-10,12-13H2,1-3H3,(H,24,26,27). The summed E-state index contributed by atoms with van der Waals surface area (Å²) >= 11 is 1.58. The van der Waals surface area contributed by atoms with E-state index < -0.39 is 0 Å². The minimum Gasteiger partial charge on any atom is -0.369 e. The van der Waals surface area contributed by atoms with Gasteiger partial charge in [0.05, 0.1) is 29.4 Å². The smallest absolute Gasteiger partial charge is 0.188 e. The number of nitrogens with zero attached hydrogens (tertiary/aromatic N) is 5. The van der Waals surface area contributed by atoms with Crippen LogP contribution in [-0.4, -0.2) is 43.9 Å². The molecule has 1 aliphatic rings. The quantitative estimate of drug-likeness (QED) is 0.501. The lowest BCUT2D eigenvalue weighted by Crippen LogP contribution is -2.38. The Labute approximate surface area is 185 Å². The van der Waals surface area contributed by atoms with E-state index in [0.717, 1.165) is 53.3 Å². The van der Waals surface area contributed by atoms with Gasteiger partial charge in [0.25, 0.3) is 0 Å². The van der Waals surface area contributed by atoms with Crippen LogP contribution < -0.4 is 5.32 Å². The van der Waals surface area contributed by atoms with Gasteiger partial charge in [-0.3, -0.25) is 4.90 Å². The van der Waals surface area contributed by atoms with E-state index >= 15 is 0 Å². The molecule has 1 aliphatic heterocycles. The van der Waals surface area contributed by atoms with E-state index in [-0.39, 0.29) is 6.10 Å². The summed E-state index contributed by atoms with van der Waals surface area (Å²) in [6, 6.07) is 10.3. The maximum atomic E-state index is 6.09. The van der Waals surface area contributed by atoms with Gasteiger partial charge in [-0.05, 0) is 50.6 Å². The summed E-state index contributed by atoms with van der Waals surface area (Å²) in [7, 11) is 0. The van der Waals surface area contributed by atoms with Gasteiger partial charge in [-0.1, -0.05) is 6.07 Å². The van der Waals surface area contributed by atoms with Crippen molar-refractivity contribution >= 4 is 27.9 Å². The lowest BCUT2D eigenvalue weighted by molar-refractivity contribution is -0.0354. The Morgan fingerprint density at radius 1 is 1.16 bits per heavy atom. The van der Waals surface area contributed by atoms with Gasteiger partial charge < -0.3 is 14.5 Å². The third-order valence-electron chi connectivity index (χ3n) is 5.56. The lowest BCUT2D eigenvalue weighted by atomic mass is 10.1. The van der Waals surface area contributed by atoms with Gasteiger partial charge in [-0.15, -0.1) is 11.3 Å². The first-order valence-electron chi connectivity index (χ1n) is 10.5. The zero-order valence-corrected chi connectivity index (χ0v) is 18.8. The van der Waals surface area contributed by atoms with Crippen LogP contribution in [0.1, 0.15) is 34.4 Å². The maximum absolute atomic E-state index is 6.09. The van der Waals surface area contributed by atoms with Crippen LogP contribution in [0, 0.1) is 20.8 Å². The van der Waals surface area contributed by atoms with Crippen LogP contribution in [0.5, 0.6) is 0 Å². The number of hydrogen-bond acceptors (Lipinski definition) is 7. The van der Waals surface area contributed by atoms with Gasteiger partial charge in [-0.25, -0.2) is 15.0 Å². The molecule has 0 aliphatic carbocycles. The lowest BCUT2D eigenvalue weighted by Gasteiger charge is -2.32. The molecule has 0 saturated carbocycles. The number of rotatable bonds is 5. The normalized spacial score (nSPS) is 17.3. The van der Waals surface area contributed by atoms with Crippen molar-refractivity contribution in [3.05, 3.63) is 70.2 Å². The number of fused-ring (bicyclic) bond motifs is 1. The Morgan fingerprint density at radius 3 is 2.90 bits per heavy atom. The number of anilines is 2. The fourth-order valence-corrected chi connectivity index (χ4v) is 4.66. The molecule has 8 heteroatoms. The number of thiazole rings is 1. The molecule has 1 atom stereocenters. The number of pyridine rings is 2. The second-order valence-corrected chi connectivity index (χ2v) is 8.90. The van der Waals surface area contributed by atoms with Crippen molar-refractivity contribution in [2.24, 2.45) is 0 Å². The summed E-state index contributed by atoms with van der Waals surface area (Å²) in [5, 5.41) is 6.18. The molecule has 0 amide bonds. The van der Waals surface area contributed by atoms with Crippen LogP contribution in [-0.2, 0) is 11.3 Å². The Bertz CT molecular complexity index is 1220. The summed E-state index contributed by atoms with van der Waals surface area (Å²) in [5.74, 6) is 0.792. The highest BCUT2D eigenvalue weighted by Gasteiger charge is 2.25. The zero-order chi connectivity index (χ0) is 21.4. The first-order valence-corrected chi connectivity index (χ1v) is 11.4. The van der Waals surface area contributed by atoms with E-state index in [9.17, 15) is 0 Å². The number of hydrogen-bond donors (Lipinski definition) is 1. The van der Waals surface area contributed by atoms with E-state index in [1.807, 2.05) is 30.5 Å². The number of nitrogens with one attached hydrogen (secondary N) is 1. The van der Waals surface area contributed by atoms with Crippen molar-refractivity contribution < 1.29 is 4.74 Å². The molecule has 4 aromatic rings. The molecule has 160 valence electrons. The Kier molecular flexibility index (Phi) is 5.43. The highest BCUT2D eigenvalue weighted by molar-refractivity contribution is 7.13. The highest BCUT2D eigenvalue weighted by Crippen LogP contribution is 2.26. The number of ether oxygens (including phenoxy) is 1. The second-order valence-electron chi connectivity index (χ2n) is 8.04. The molecular formula is C23H26N6OS. The van der Waals surface area contributed by atoms with E-state index in [0.29, 0.717) is 6.61 Å². The second kappa shape index (κ2) is 8.37. The molecule has 0 aromatic carbocycles. The van der Waals surface area contributed by atoms with Crippen molar-refractivity contribution in [1.82, 2.24) is 24.3 Å². The number of imidazole rings is 1. The molecule has 5 rings (SSSR count). The summed E-state index contributed by atoms with van der Waals surface area (Å²) < 4.78 is 8.29. The van der Waals surface area contributed by atoms with Crippen LogP contribution >= 0.6 is 11.3 Å². The predicted molar refractivity (Wildman–Crippen MR) is 123 cm³/mol. The number of morpholine rings is 1. The molecule has 1 saturated heterocycles. The molecule has 1 N–H and O–H groups in total. The summed E-state index contributed by atoms with van der Waals surface area (Å²) in [6.07, 6.45) is 2.06. The van der Waals surface area contributed by atoms with E-state index in [1.165, 1.54) is 11.3 Å². The molecule has 1 unspecified atom stereocenters. The minimum absolute atomic E-state index is 0.0599. The third kappa shape index (κ3) is 4.32. The highest BCUT2D eigenvalue weighted by atomic mass is 32.1. The average molecular weight is 435 g/mol. The van der Waals surface area contributed by atoms with E-state index in [1.54, 1.807) is 11.3 Å². The molecular weight excluding hydrogens is 408 g/mol. The van der Waals surface area contributed by atoms with Crippen LogP contribution in [0.25, 0.3) is 5.65 Å². The minimum atomic E-state index is -0.0599. The average Bonchev–Trinajstić information content (AvgIpc) is 3.30. The first kappa shape index (κ1) is 20.1. The first-order chi connectivity index (χ1) is 15.0. The number of aryl methyl sites for hydroxylation is 3. The van der Waals surface area contributed by atoms with Crippen LogP contribution in [0.4, 0.5) is 10.9 Å². The van der Waals surface area contributed by atoms with E-state index in [4.69, 9.17) is 14.7 Å². The molecule has 0 bridgehead atoms. The van der Waals surface area contributed by atoms with Gasteiger partial charge in [-0.2, -0.15) is 0 Å². The van der Waals surface area contributed by atoms with Crippen molar-refractivity contribution in [3.8, 4) is 0 Å². The largest absolute Gasteiger partial charge is 0.369 e. The monoisotopic (exact) mass is 434 g/mol. The summed E-state index contributed by atoms with van der Waals surface area (Å²) in [5.41, 5.74) is 6.49. The Balaban J connectivity index is 1.32. The van der Waals surface area contributed by atoms with Crippen molar-refractivity contribution in [3.63, 3.8) is 0 Å². The molecule has 0 radical (unpaired) electrons. The van der Waals surface area contributed by atoms with Crippen molar-refractivity contribution in [2.75, 3.05) is 25.0 Å². The molecule has 5 heterocycles. The molecule has 31 heavy (non-hydrogen) atoms. The topological polar surface area (TPSA) is 67.6 Å². The summed E-state index contributed by atoms with van der Waals surface area (Å²) in [6.45, 7) is 9.39. The Hall–Kier alpha value is -2.81.